The summed E-state index contributed by atoms with van der Waals surface area (Å²) in [6.45, 7) is 4.38. The summed E-state index contributed by atoms with van der Waals surface area (Å²) in [6.07, 6.45) is -0.0204. The maximum Gasteiger partial charge on any atom is 0.416 e. The molecule has 1 aliphatic rings. The number of nitrogens with one attached hydrogen (secondary N) is 1. The van der Waals surface area contributed by atoms with Crippen molar-refractivity contribution in [2.45, 2.75) is 64.3 Å². The first kappa shape index (κ1) is 34.4. The van der Waals surface area contributed by atoms with Crippen LogP contribution in [0, 0.1) is 25.2 Å². The Kier molecular flexibility index (Phi) is 9.04. The van der Waals surface area contributed by atoms with Gasteiger partial charge >= 0.3 is 17.9 Å². The van der Waals surface area contributed by atoms with Crippen LogP contribution in [-0.2, 0) is 19.8 Å². The number of aryl methyl sites for hydroxylation is 2. The molecule has 0 spiro atoms. The predicted molar refractivity (Wildman–Crippen MR) is 181 cm³/mol. The number of imidazole rings is 1. The van der Waals surface area contributed by atoms with Crippen LogP contribution in [-0.4, -0.2) is 65.4 Å². The number of halogens is 3. The predicted octanol–water partition coefficient (Wildman–Crippen LogP) is 5.88. The summed E-state index contributed by atoms with van der Waals surface area (Å²) in [4.78, 5) is 28.3. The lowest BCUT2D eigenvalue weighted by molar-refractivity contribution is -0.929. The zero-order valence-corrected chi connectivity index (χ0v) is 28.6. The first-order chi connectivity index (χ1) is 23.7. The fourth-order valence-corrected chi connectivity index (χ4v) is 7.10. The second-order valence-electron chi connectivity index (χ2n) is 13.5. The highest BCUT2D eigenvalue weighted by Gasteiger charge is 2.36. The summed E-state index contributed by atoms with van der Waals surface area (Å²) < 4.78 is 47.5. The second-order valence-corrected chi connectivity index (χ2v) is 13.5. The molecule has 1 saturated carbocycles. The van der Waals surface area contributed by atoms with E-state index in [0.29, 0.717) is 35.8 Å². The Balaban J connectivity index is 1.33. The molecule has 5 aromatic rings. The Labute approximate surface area is 287 Å². The number of carbonyl (C=O) groups excluding carboxylic acids is 1. The summed E-state index contributed by atoms with van der Waals surface area (Å²) in [7, 11) is 6.35. The molecule has 0 unspecified atom stereocenters. The van der Waals surface area contributed by atoms with Crippen molar-refractivity contribution >= 4 is 6.03 Å². The van der Waals surface area contributed by atoms with Gasteiger partial charge in [-0.1, -0.05) is 6.07 Å². The number of benzene rings is 2. The largest absolute Gasteiger partial charge is 0.416 e. The van der Waals surface area contributed by atoms with E-state index < -0.39 is 23.5 Å². The average molecular weight is 687 g/mol. The van der Waals surface area contributed by atoms with E-state index in [4.69, 9.17) is 0 Å². The number of nitriles is 1. The SMILES string of the molecule is Cc1cc(C[N+](C)(C)C2CCC(NC(=O)n3c(-c4ccnn4-c4ccc(C#N)cc4)c(C)n(-c4cccc(C(F)(F)F)c4)c3=O)CC2)n(C)n1. The minimum absolute atomic E-state index is 0.0244. The highest BCUT2D eigenvalue weighted by atomic mass is 19.4. The van der Waals surface area contributed by atoms with Crippen LogP contribution in [0.1, 0.15) is 53.9 Å². The van der Waals surface area contributed by atoms with E-state index in [2.05, 4.69) is 41.7 Å². The van der Waals surface area contributed by atoms with Crippen molar-refractivity contribution in [2.75, 3.05) is 14.1 Å². The van der Waals surface area contributed by atoms with E-state index >= 15 is 0 Å². The van der Waals surface area contributed by atoms with Crippen molar-refractivity contribution in [3.05, 3.63) is 106 Å². The van der Waals surface area contributed by atoms with Crippen molar-refractivity contribution in [1.29, 1.82) is 5.26 Å². The number of hydrogen-bond acceptors (Lipinski definition) is 5. The van der Waals surface area contributed by atoms with Crippen LogP contribution in [0.4, 0.5) is 18.0 Å². The van der Waals surface area contributed by atoms with Crippen molar-refractivity contribution in [1.82, 2.24) is 34.0 Å². The molecule has 11 nitrogen and oxygen atoms in total. The Morgan fingerprint density at radius 3 is 2.34 bits per heavy atom. The molecule has 1 amide bonds. The topological polar surface area (TPSA) is 115 Å². The quantitative estimate of drug-likeness (QED) is 0.215. The molecule has 1 N–H and O–H groups in total. The molecular formula is C36H39F3N9O2+. The maximum absolute atomic E-state index is 14.2. The van der Waals surface area contributed by atoms with Gasteiger partial charge in [-0.05, 0) is 81.3 Å². The van der Waals surface area contributed by atoms with Crippen LogP contribution in [0.5, 0.6) is 0 Å². The normalized spacial score (nSPS) is 16.7. The molecule has 0 aliphatic heterocycles. The first-order valence-corrected chi connectivity index (χ1v) is 16.4. The summed E-state index contributed by atoms with van der Waals surface area (Å²) in [6, 6.07) is 16.3. The number of alkyl halides is 3. The third kappa shape index (κ3) is 6.60. The number of aromatic nitrogens is 6. The lowest BCUT2D eigenvalue weighted by Crippen LogP contribution is -2.52. The van der Waals surface area contributed by atoms with Gasteiger partial charge in [0.25, 0.3) is 0 Å². The van der Waals surface area contributed by atoms with Gasteiger partial charge in [-0.2, -0.15) is 28.6 Å². The molecule has 260 valence electrons. The molecule has 0 atom stereocenters. The zero-order chi connectivity index (χ0) is 36.0. The van der Waals surface area contributed by atoms with Gasteiger partial charge in [0.05, 0.1) is 77.7 Å². The van der Waals surface area contributed by atoms with Gasteiger partial charge in [-0.3, -0.25) is 9.25 Å². The van der Waals surface area contributed by atoms with E-state index in [-0.39, 0.29) is 23.1 Å². The van der Waals surface area contributed by atoms with Gasteiger partial charge in [0.15, 0.2) is 0 Å². The van der Waals surface area contributed by atoms with Crippen molar-refractivity contribution < 1.29 is 22.4 Å². The Morgan fingerprint density at radius 1 is 1.02 bits per heavy atom. The van der Waals surface area contributed by atoms with Crippen LogP contribution in [0.15, 0.2) is 71.7 Å². The van der Waals surface area contributed by atoms with Crippen molar-refractivity contribution in [3.8, 4) is 28.8 Å². The van der Waals surface area contributed by atoms with E-state index in [9.17, 15) is 28.0 Å². The molecule has 14 heteroatoms. The van der Waals surface area contributed by atoms with Gasteiger partial charge in [0.2, 0.25) is 0 Å². The Bertz CT molecular complexity index is 2140. The molecule has 0 saturated heterocycles. The van der Waals surface area contributed by atoms with E-state index in [1.165, 1.54) is 23.0 Å². The number of nitrogens with zero attached hydrogens (tertiary/aromatic N) is 8. The Morgan fingerprint density at radius 2 is 1.72 bits per heavy atom. The highest BCUT2D eigenvalue weighted by Crippen LogP contribution is 2.33. The highest BCUT2D eigenvalue weighted by molar-refractivity contribution is 5.83. The van der Waals surface area contributed by atoms with Crippen LogP contribution in [0.2, 0.25) is 0 Å². The lowest BCUT2D eigenvalue weighted by Gasteiger charge is -2.41. The third-order valence-electron chi connectivity index (χ3n) is 9.73. The lowest BCUT2D eigenvalue weighted by atomic mass is 9.89. The molecule has 2 aromatic carbocycles. The number of rotatable bonds is 7. The van der Waals surface area contributed by atoms with Gasteiger partial charge in [0.1, 0.15) is 12.2 Å². The summed E-state index contributed by atoms with van der Waals surface area (Å²) in [5, 5.41) is 21.2. The average Bonchev–Trinajstić information content (AvgIpc) is 3.75. The summed E-state index contributed by atoms with van der Waals surface area (Å²) >= 11 is 0. The van der Waals surface area contributed by atoms with Gasteiger partial charge < -0.3 is 9.80 Å². The van der Waals surface area contributed by atoms with E-state index in [0.717, 1.165) is 56.5 Å². The van der Waals surface area contributed by atoms with E-state index in [1.807, 2.05) is 18.7 Å². The molecule has 3 aromatic heterocycles. The standard InChI is InChI=1S/C36H38F3N9O2/c1-23-19-30(44(3)43-23)22-48(4,5)31-15-11-27(12-16-31)42-34(49)46-33(32-17-18-41-47(32)28-13-9-25(21-40)10-14-28)24(2)45(35(46)50)29-8-6-7-26(20-29)36(37,38)39/h6-10,13-14,17-20,27,31H,11-12,15-16,22H2,1-5H3/p+1. The van der Waals surface area contributed by atoms with Gasteiger partial charge in [0, 0.05) is 25.9 Å². The molecule has 3 heterocycles. The maximum atomic E-state index is 14.2. The van der Waals surface area contributed by atoms with Gasteiger partial charge in [-0.25, -0.2) is 18.8 Å². The number of amides is 1. The monoisotopic (exact) mass is 686 g/mol. The third-order valence-corrected chi connectivity index (χ3v) is 9.73. The summed E-state index contributed by atoms with van der Waals surface area (Å²) in [5.41, 5.74) is 2.19. The molecule has 50 heavy (non-hydrogen) atoms. The van der Waals surface area contributed by atoms with Crippen LogP contribution in [0.3, 0.4) is 0 Å². The van der Waals surface area contributed by atoms with E-state index in [1.54, 1.807) is 37.3 Å². The van der Waals surface area contributed by atoms with Crippen molar-refractivity contribution in [3.63, 3.8) is 0 Å². The molecule has 0 bridgehead atoms. The fraction of sp³-hybridized carbons (Fsp3) is 0.361. The second kappa shape index (κ2) is 13.1. The van der Waals surface area contributed by atoms with Crippen LogP contribution < -0.4 is 11.0 Å². The zero-order valence-electron chi connectivity index (χ0n) is 28.6. The number of carbonyl (C=O) groups is 1. The first-order valence-electron chi connectivity index (χ1n) is 16.4. The number of quaternary nitrogens is 1. The molecule has 6 rings (SSSR count). The van der Waals surface area contributed by atoms with Gasteiger partial charge in [-0.15, -0.1) is 0 Å². The fourth-order valence-electron chi connectivity index (χ4n) is 7.10. The molecular weight excluding hydrogens is 647 g/mol. The molecule has 0 radical (unpaired) electrons. The van der Waals surface area contributed by atoms with Crippen LogP contribution >= 0.6 is 0 Å². The molecule has 1 aliphatic carbocycles. The smallest absolute Gasteiger partial charge is 0.335 e. The minimum Gasteiger partial charge on any atom is -0.335 e. The Hall–Kier alpha value is -5.42. The number of hydrogen-bond donors (Lipinski definition) is 1. The van der Waals surface area contributed by atoms with Crippen LogP contribution in [0.25, 0.3) is 22.8 Å². The molecule has 1 fully saturated rings. The van der Waals surface area contributed by atoms with Crippen molar-refractivity contribution in [2.24, 2.45) is 7.05 Å². The summed E-state index contributed by atoms with van der Waals surface area (Å²) in [5.74, 6) is 0. The minimum atomic E-state index is -4.63.